The van der Waals surface area contributed by atoms with Gasteiger partial charge in [0.1, 0.15) is 24.4 Å². The topological polar surface area (TPSA) is 175 Å². The number of amides is 1. The highest BCUT2D eigenvalue weighted by Gasteiger charge is 2.44. The summed E-state index contributed by atoms with van der Waals surface area (Å²) >= 11 is 0. The number of allylic oxidation sites excluding steroid dienone is 7. The van der Waals surface area contributed by atoms with Crippen LogP contribution in [0.3, 0.4) is 0 Å². The Labute approximate surface area is 421 Å². The summed E-state index contributed by atoms with van der Waals surface area (Å²) in [5.41, 5.74) is 0. The van der Waals surface area contributed by atoms with Crippen LogP contribution in [-0.2, 0) is 23.8 Å². The Morgan fingerprint density at radius 2 is 1.00 bits per heavy atom. The lowest BCUT2D eigenvalue weighted by Crippen LogP contribution is -2.60. The van der Waals surface area contributed by atoms with Crippen LogP contribution in [0.25, 0.3) is 0 Å². The van der Waals surface area contributed by atoms with Crippen LogP contribution in [0.5, 0.6) is 0 Å². The zero-order chi connectivity index (χ0) is 50.3. The molecule has 11 nitrogen and oxygen atoms in total. The molecule has 0 saturated carbocycles. The maximum atomic E-state index is 12.9. The number of hydrogen-bond acceptors (Lipinski definition) is 10. The molecule has 1 heterocycles. The first-order valence-corrected chi connectivity index (χ1v) is 28.4. The Morgan fingerprint density at radius 3 is 1.57 bits per heavy atom. The van der Waals surface area contributed by atoms with Gasteiger partial charge in [-0.3, -0.25) is 9.59 Å². The number of aliphatic hydroxyl groups is 5. The lowest BCUT2D eigenvalue weighted by Gasteiger charge is -2.40. The SMILES string of the molecule is CCCCCC/C=C/CC/C=C/C(O)C(COC1OC(CO)C(O)C(O)C1O)NC(=O)CC/C=C\C/C=C\CCCCCCCCOC(=O)CCCCCCCCCCCCCCCCCCCC. The second-order valence-electron chi connectivity index (χ2n) is 19.6. The number of esters is 1. The number of hydrogen-bond donors (Lipinski definition) is 6. The molecule has 1 saturated heterocycles. The van der Waals surface area contributed by atoms with Gasteiger partial charge in [-0.25, -0.2) is 0 Å². The second-order valence-corrected chi connectivity index (χ2v) is 19.6. The highest BCUT2D eigenvalue weighted by molar-refractivity contribution is 5.76. The van der Waals surface area contributed by atoms with Crippen LogP contribution < -0.4 is 5.32 Å². The third-order valence-corrected chi connectivity index (χ3v) is 13.2. The van der Waals surface area contributed by atoms with Gasteiger partial charge in [-0.2, -0.15) is 0 Å². The van der Waals surface area contributed by atoms with E-state index in [1.54, 1.807) is 6.08 Å². The molecular formula is C58H105NO10. The first-order chi connectivity index (χ1) is 33.7. The number of aliphatic hydroxyl groups excluding tert-OH is 5. The molecule has 69 heavy (non-hydrogen) atoms. The summed E-state index contributed by atoms with van der Waals surface area (Å²) in [5.74, 6) is -0.312. The molecule has 0 aromatic carbocycles. The van der Waals surface area contributed by atoms with Crippen LogP contribution in [0, 0.1) is 0 Å². The van der Waals surface area contributed by atoms with Crippen molar-refractivity contribution < 1.29 is 49.3 Å². The predicted octanol–water partition coefficient (Wildman–Crippen LogP) is 12.5. The average molecular weight is 976 g/mol. The molecule has 1 amide bonds. The average Bonchev–Trinajstić information content (AvgIpc) is 3.34. The van der Waals surface area contributed by atoms with Crippen LogP contribution in [0.15, 0.2) is 48.6 Å². The van der Waals surface area contributed by atoms with Crippen molar-refractivity contribution in [1.29, 1.82) is 0 Å². The van der Waals surface area contributed by atoms with E-state index in [9.17, 15) is 35.1 Å². The molecule has 11 heteroatoms. The second kappa shape index (κ2) is 47.9. The molecular weight excluding hydrogens is 871 g/mol. The fourth-order valence-electron chi connectivity index (χ4n) is 8.62. The minimum absolute atomic E-state index is 0.0368. The van der Waals surface area contributed by atoms with Crippen molar-refractivity contribution in [3.63, 3.8) is 0 Å². The van der Waals surface area contributed by atoms with Gasteiger partial charge in [-0.15, -0.1) is 0 Å². The molecule has 6 N–H and O–H groups in total. The van der Waals surface area contributed by atoms with E-state index in [0.29, 0.717) is 19.4 Å². The lowest BCUT2D eigenvalue weighted by molar-refractivity contribution is -0.302. The standard InChI is InChI=1S/C58H105NO10/c1-3-5-7-9-11-13-15-16-17-18-19-20-23-26-30-34-38-42-46-54(63)67-47-43-39-35-31-27-24-21-22-25-29-33-37-41-45-53(62)59-50(49-68-58-57(66)56(65)55(64)52(48-60)69-58)51(61)44-40-36-32-28-14-12-10-8-6-4-2/h14,22,25,28,33,37,40,44,50-52,55-58,60-61,64-66H,3-13,15-21,23-24,26-27,29-32,34-36,38-39,41-43,45-49H2,1-2H3,(H,59,62)/b25-22-,28-14+,37-33-,44-40+. The summed E-state index contributed by atoms with van der Waals surface area (Å²) in [6, 6.07) is -0.871. The van der Waals surface area contributed by atoms with E-state index in [4.69, 9.17) is 14.2 Å². The van der Waals surface area contributed by atoms with E-state index in [1.165, 1.54) is 141 Å². The van der Waals surface area contributed by atoms with Crippen LogP contribution in [-0.4, -0.2) is 100 Å². The van der Waals surface area contributed by atoms with E-state index in [2.05, 4.69) is 43.5 Å². The predicted molar refractivity (Wildman–Crippen MR) is 283 cm³/mol. The van der Waals surface area contributed by atoms with Gasteiger partial charge in [0.05, 0.1) is 32.0 Å². The summed E-state index contributed by atoms with van der Waals surface area (Å²) < 4.78 is 16.6. The van der Waals surface area contributed by atoms with Crippen molar-refractivity contribution in [3.8, 4) is 0 Å². The van der Waals surface area contributed by atoms with Gasteiger partial charge in [0.25, 0.3) is 0 Å². The number of ether oxygens (including phenoxy) is 3. The third kappa shape index (κ3) is 38.0. The first kappa shape index (κ1) is 64.6. The van der Waals surface area contributed by atoms with Crippen LogP contribution in [0.4, 0.5) is 0 Å². The molecule has 1 aliphatic rings. The van der Waals surface area contributed by atoms with Crippen LogP contribution >= 0.6 is 0 Å². The maximum Gasteiger partial charge on any atom is 0.305 e. The van der Waals surface area contributed by atoms with Gasteiger partial charge < -0.3 is 45.1 Å². The van der Waals surface area contributed by atoms with Crippen molar-refractivity contribution in [2.24, 2.45) is 0 Å². The molecule has 0 radical (unpaired) electrons. The Balaban J connectivity index is 2.13. The number of unbranched alkanes of at least 4 members (excludes halogenated alkanes) is 28. The zero-order valence-electron chi connectivity index (χ0n) is 44.0. The zero-order valence-corrected chi connectivity index (χ0v) is 44.0. The first-order valence-electron chi connectivity index (χ1n) is 28.4. The third-order valence-electron chi connectivity index (χ3n) is 13.2. The molecule has 0 aliphatic carbocycles. The summed E-state index contributed by atoms with van der Waals surface area (Å²) in [6.07, 6.45) is 49.4. The van der Waals surface area contributed by atoms with Crippen molar-refractivity contribution in [1.82, 2.24) is 5.32 Å². The maximum absolute atomic E-state index is 12.9. The van der Waals surface area contributed by atoms with Crippen molar-refractivity contribution >= 4 is 11.9 Å². The Morgan fingerprint density at radius 1 is 0.536 bits per heavy atom. The number of carbonyl (C=O) groups excluding carboxylic acids is 2. The van der Waals surface area contributed by atoms with Gasteiger partial charge in [-0.05, 0) is 64.2 Å². The Hall–Kier alpha value is -2.38. The molecule has 0 aromatic heterocycles. The smallest absolute Gasteiger partial charge is 0.305 e. The highest BCUT2D eigenvalue weighted by atomic mass is 16.7. The van der Waals surface area contributed by atoms with Crippen LogP contribution in [0.1, 0.15) is 245 Å². The van der Waals surface area contributed by atoms with Gasteiger partial charge in [0.2, 0.25) is 5.91 Å². The van der Waals surface area contributed by atoms with Gasteiger partial charge in [0, 0.05) is 12.8 Å². The molecule has 1 fully saturated rings. The molecule has 1 rings (SSSR count). The minimum Gasteiger partial charge on any atom is -0.466 e. The van der Waals surface area contributed by atoms with Gasteiger partial charge in [0.15, 0.2) is 6.29 Å². The Kier molecular flexibility index (Phi) is 44.9. The minimum atomic E-state index is -1.59. The fourth-order valence-corrected chi connectivity index (χ4v) is 8.62. The number of nitrogens with one attached hydrogen (secondary N) is 1. The normalized spacial score (nSPS) is 19.7. The van der Waals surface area contributed by atoms with Gasteiger partial charge in [-0.1, -0.05) is 217 Å². The lowest BCUT2D eigenvalue weighted by atomic mass is 9.99. The molecule has 0 bridgehead atoms. The largest absolute Gasteiger partial charge is 0.466 e. The van der Waals surface area contributed by atoms with Crippen molar-refractivity contribution in [2.75, 3.05) is 19.8 Å². The summed E-state index contributed by atoms with van der Waals surface area (Å²) in [6.45, 7) is 4.20. The molecule has 7 atom stereocenters. The van der Waals surface area contributed by atoms with E-state index >= 15 is 0 Å². The monoisotopic (exact) mass is 976 g/mol. The fraction of sp³-hybridized carbons (Fsp3) is 0.828. The van der Waals surface area contributed by atoms with E-state index in [0.717, 1.165) is 70.6 Å². The molecule has 0 aromatic rings. The molecule has 1 aliphatic heterocycles. The highest BCUT2D eigenvalue weighted by Crippen LogP contribution is 2.23. The quantitative estimate of drug-likeness (QED) is 0.0196. The van der Waals surface area contributed by atoms with E-state index < -0.39 is 49.5 Å². The summed E-state index contributed by atoms with van der Waals surface area (Å²) in [5, 5.41) is 54.1. The number of rotatable bonds is 48. The molecule has 7 unspecified atom stereocenters. The van der Waals surface area contributed by atoms with Crippen molar-refractivity contribution in [3.05, 3.63) is 48.6 Å². The summed E-state index contributed by atoms with van der Waals surface area (Å²) in [7, 11) is 0. The summed E-state index contributed by atoms with van der Waals surface area (Å²) in [4.78, 5) is 25.1. The van der Waals surface area contributed by atoms with Crippen molar-refractivity contribution in [2.45, 2.75) is 288 Å². The van der Waals surface area contributed by atoms with E-state index in [1.807, 2.05) is 18.2 Å². The number of carbonyl (C=O) groups is 2. The van der Waals surface area contributed by atoms with Gasteiger partial charge >= 0.3 is 5.97 Å². The van der Waals surface area contributed by atoms with E-state index in [-0.39, 0.29) is 24.9 Å². The van der Waals surface area contributed by atoms with Crippen LogP contribution in [0.2, 0.25) is 0 Å². The molecule has 0 spiro atoms. The molecule has 402 valence electrons. The Bertz CT molecular complexity index is 1290.